The monoisotopic (exact) mass is 698 g/mol. The Morgan fingerprint density at radius 3 is 1.77 bits per heavy atom. The zero-order chi connectivity index (χ0) is 35.2. The van der Waals surface area contributed by atoms with E-state index in [1.54, 1.807) is 6.26 Å². The van der Waals surface area contributed by atoms with Gasteiger partial charge in [0.15, 0.2) is 6.10 Å². The van der Waals surface area contributed by atoms with Crippen molar-refractivity contribution >= 4 is 13.8 Å². The number of carbonyl (C=O) groups is 1. The third kappa shape index (κ3) is 35.6. The number of hydrogen-bond donors (Lipinski definition) is 2. The molecule has 0 aliphatic carbocycles. The lowest BCUT2D eigenvalue weighted by Gasteiger charge is -2.19. The van der Waals surface area contributed by atoms with E-state index in [0.717, 1.165) is 70.6 Å². The molecule has 0 fully saturated rings. The van der Waals surface area contributed by atoms with E-state index in [0.29, 0.717) is 0 Å². The normalized spacial score (nSPS) is 14.1. The fourth-order valence-electron chi connectivity index (χ4n) is 5.03. The molecule has 0 spiro atoms. The highest BCUT2D eigenvalue weighted by Crippen LogP contribution is 2.43. The number of ether oxygens (including phenoxy) is 2. The molecule has 48 heavy (non-hydrogen) atoms. The summed E-state index contributed by atoms with van der Waals surface area (Å²) in [4.78, 5) is 22.4. The molecule has 0 aromatic carbocycles. The molecule has 0 amide bonds. The Bertz CT molecular complexity index is 874. The van der Waals surface area contributed by atoms with Gasteiger partial charge in [-0.25, -0.2) is 4.57 Å². The Balaban J connectivity index is 4.18. The number of allylic oxidation sites excluding steroid dienone is 7. The molecule has 2 atom stereocenters. The van der Waals surface area contributed by atoms with Crippen LogP contribution in [0.15, 0.2) is 48.8 Å². The van der Waals surface area contributed by atoms with Gasteiger partial charge in [0.2, 0.25) is 0 Å². The number of phosphoric ester groups is 1. The van der Waals surface area contributed by atoms with E-state index < -0.39 is 13.9 Å². The highest BCUT2D eigenvalue weighted by molar-refractivity contribution is 7.47. The van der Waals surface area contributed by atoms with Crippen LogP contribution in [0.5, 0.6) is 0 Å². The predicted octanol–water partition coefficient (Wildman–Crippen LogP) is 11.2. The number of unbranched alkanes of at least 4 members (excludes halogenated alkanes) is 17. The molecule has 0 aliphatic rings. The number of rotatable bonds is 36. The zero-order valence-corrected chi connectivity index (χ0v) is 31.6. The Kier molecular flexibility index (Phi) is 35.3. The zero-order valence-electron chi connectivity index (χ0n) is 30.7. The minimum Gasteiger partial charge on any atom is -0.498 e. The van der Waals surface area contributed by atoms with Crippen LogP contribution in [0.4, 0.5) is 0 Å². The summed E-state index contributed by atoms with van der Waals surface area (Å²) in [5.41, 5.74) is 5.34. The smallest absolute Gasteiger partial charge is 0.472 e. The molecule has 0 bridgehead atoms. The van der Waals surface area contributed by atoms with Crippen LogP contribution < -0.4 is 5.73 Å². The van der Waals surface area contributed by atoms with Crippen LogP contribution in [0.25, 0.3) is 0 Å². The van der Waals surface area contributed by atoms with Crippen molar-refractivity contribution < 1.29 is 32.8 Å². The van der Waals surface area contributed by atoms with Crippen molar-refractivity contribution in [3.63, 3.8) is 0 Å². The number of nitrogens with two attached hydrogens (primary N) is 1. The number of phosphoric acid groups is 1. The Morgan fingerprint density at radius 1 is 0.667 bits per heavy atom. The van der Waals surface area contributed by atoms with Crippen LogP contribution in [0.3, 0.4) is 0 Å². The van der Waals surface area contributed by atoms with Gasteiger partial charge in [-0.2, -0.15) is 0 Å². The lowest BCUT2D eigenvalue weighted by atomic mass is 10.0. The van der Waals surface area contributed by atoms with Crippen LogP contribution in [0.1, 0.15) is 162 Å². The molecule has 0 saturated heterocycles. The summed E-state index contributed by atoms with van der Waals surface area (Å²) in [5.74, 6) is -0.371. The van der Waals surface area contributed by atoms with Crippen molar-refractivity contribution in [2.45, 2.75) is 168 Å². The molecular formula is C39H72NO7P. The Labute approximate surface area is 294 Å². The summed E-state index contributed by atoms with van der Waals surface area (Å²) in [6.07, 6.45) is 42.1. The molecule has 9 heteroatoms. The van der Waals surface area contributed by atoms with E-state index >= 15 is 0 Å². The van der Waals surface area contributed by atoms with Gasteiger partial charge in [-0.15, -0.1) is 0 Å². The molecule has 0 rings (SSSR count). The second-order valence-corrected chi connectivity index (χ2v) is 13.9. The standard InChI is InChI=1S/C39H72NO7P/c1-3-5-7-9-11-13-15-17-19-20-22-24-26-28-30-32-39(41)47-38(37-46-48(42,43)45-35-33-40)36-44-34-31-29-27-25-23-21-18-16-14-12-10-8-6-4-2/h5,7,11,13,17,19,31,34,38H,3-4,6,8-10,12,14-16,18,20-30,32-33,35-37,40H2,1-2H3,(H,42,43)/b7-5-,13-11-,19-17-,34-31-/t38-/m1/s1. The third-order valence-corrected chi connectivity index (χ3v) is 8.81. The second-order valence-electron chi connectivity index (χ2n) is 12.5. The largest absolute Gasteiger partial charge is 0.498 e. The van der Waals surface area contributed by atoms with Gasteiger partial charge in [0, 0.05) is 13.0 Å². The summed E-state index contributed by atoms with van der Waals surface area (Å²) in [5, 5.41) is 0. The molecule has 8 nitrogen and oxygen atoms in total. The van der Waals surface area contributed by atoms with E-state index in [1.165, 1.54) is 70.6 Å². The number of hydrogen-bond acceptors (Lipinski definition) is 7. The summed E-state index contributed by atoms with van der Waals surface area (Å²) in [6.45, 7) is 4.10. The molecule has 0 aliphatic heterocycles. The fraction of sp³-hybridized carbons (Fsp3) is 0.769. The second kappa shape index (κ2) is 36.6. The van der Waals surface area contributed by atoms with Gasteiger partial charge in [-0.05, 0) is 57.4 Å². The van der Waals surface area contributed by atoms with Gasteiger partial charge in [0.1, 0.15) is 6.61 Å². The van der Waals surface area contributed by atoms with E-state index in [-0.39, 0.29) is 38.8 Å². The van der Waals surface area contributed by atoms with Crippen molar-refractivity contribution in [3.05, 3.63) is 48.8 Å². The van der Waals surface area contributed by atoms with Crippen molar-refractivity contribution in [2.24, 2.45) is 5.73 Å². The van der Waals surface area contributed by atoms with Gasteiger partial charge in [0.05, 0.1) is 19.5 Å². The van der Waals surface area contributed by atoms with Crippen LogP contribution in [0, 0.1) is 0 Å². The first-order valence-corrected chi connectivity index (χ1v) is 20.7. The first-order valence-electron chi connectivity index (χ1n) is 19.2. The molecule has 0 aromatic rings. The van der Waals surface area contributed by atoms with E-state index in [2.05, 4.69) is 50.3 Å². The highest BCUT2D eigenvalue weighted by atomic mass is 31.2. The first-order chi connectivity index (χ1) is 23.4. The van der Waals surface area contributed by atoms with Gasteiger partial charge < -0.3 is 20.1 Å². The van der Waals surface area contributed by atoms with Crippen LogP contribution in [-0.2, 0) is 27.9 Å². The van der Waals surface area contributed by atoms with Gasteiger partial charge >= 0.3 is 13.8 Å². The molecule has 280 valence electrons. The molecule has 1 unspecified atom stereocenters. The molecule has 0 heterocycles. The van der Waals surface area contributed by atoms with Gasteiger partial charge in [-0.3, -0.25) is 13.8 Å². The summed E-state index contributed by atoms with van der Waals surface area (Å²) in [7, 11) is -4.29. The maximum absolute atomic E-state index is 12.5. The first kappa shape index (κ1) is 46.3. The number of carbonyl (C=O) groups excluding carboxylic acids is 1. The Hall–Kier alpha value is -1.70. The maximum atomic E-state index is 12.5. The molecular weight excluding hydrogens is 625 g/mol. The summed E-state index contributed by atoms with van der Waals surface area (Å²) in [6, 6.07) is 0. The van der Waals surface area contributed by atoms with E-state index in [4.69, 9.17) is 24.3 Å². The van der Waals surface area contributed by atoms with Crippen molar-refractivity contribution in [2.75, 3.05) is 26.4 Å². The summed E-state index contributed by atoms with van der Waals surface area (Å²) >= 11 is 0. The average molecular weight is 698 g/mol. The molecule has 0 radical (unpaired) electrons. The van der Waals surface area contributed by atoms with E-state index in [9.17, 15) is 14.3 Å². The topological polar surface area (TPSA) is 117 Å². The maximum Gasteiger partial charge on any atom is 0.472 e. The van der Waals surface area contributed by atoms with Crippen LogP contribution in [-0.4, -0.2) is 43.3 Å². The lowest BCUT2D eigenvalue weighted by molar-refractivity contribution is -0.153. The summed E-state index contributed by atoms with van der Waals surface area (Å²) < 4.78 is 33.0. The SMILES string of the molecule is CC/C=C\C/C=C\C/C=C\CCCCCCCC(=O)O[C@H](CO/C=C\CCCCCCCCCCCCCC)COP(=O)(O)OCCN. The van der Waals surface area contributed by atoms with Gasteiger partial charge in [-0.1, -0.05) is 140 Å². The Morgan fingerprint density at radius 2 is 1.19 bits per heavy atom. The molecule has 3 N–H and O–H groups in total. The van der Waals surface area contributed by atoms with Crippen molar-refractivity contribution in [1.29, 1.82) is 0 Å². The minimum absolute atomic E-state index is 0.0246. The lowest BCUT2D eigenvalue weighted by Crippen LogP contribution is -2.27. The number of esters is 1. The molecule has 0 aromatic heterocycles. The predicted molar refractivity (Wildman–Crippen MR) is 201 cm³/mol. The third-order valence-electron chi connectivity index (χ3n) is 7.82. The van der Waals surface area contributed by atoms with Crippen molar-refractivity contribution in [1.82, 2.24) is 0 Å². The quantitative estimate of drug-likeness (QED) is 0.0218. The fourth-order valence-corrected chi connectivity index (χ4v) is 5.80. The van der Waals surface area contributed by atoms with Gasteiger partial charge in [0.25, 0.3) is 0 Å². The van der Waals surface area contributed by atoms with Crippen molar-refractivity contribution in [3.8, 4) is 0 Å². The van der Waals surface area contributed by atoms with Crippen LogP contribution >= 0.6 is 7.82 Å². The van der Waals surface area contributed by atoms with Crippen LogP contribution in [0.2, 0.25) is 0 Å². The van der Waals surface area contributed by atoms with E-state index in [1.807, 2.05) is 6.08 Å². The minimum atomic E-state index is -4.29. The average Bonchev–Trinajstić information content (AvgIpc) is 3.07. The highest BCUT2D eigenvalue weighted by Gasteiger charge is 2.25. The molecule has 0 saturated carbocycles.